The summed E-state index contributed by atoms with van der Waals surface area (Å²) in [5.74, 6) is -0.395. The molecule has 28 heavy (non-hydrogen) atoms. The fraction of sp³-hybridized carbons (Fsp3) is 0.286. The zero-order valence-corrected chi connectivity index (χ0v) is 16.0. The number of carbonyl (C=O) groups is 3. The van der Waals surface area contributed by atoms with E-state index in [1.54, 1.807) is 25.2 Å². The van der Waals surface area contributed by atoms with Crippen molar-refractivity contribution in [2.45, 2.75) is 12.8 Å². The predicted octanol–water partition coefficient (Wildman–Crippen LogP) is 1.80. The highest BCUT2D eigenvalue weighted by atomic mass is 16.2. The first-order valence-corrected chi connectivity index (χ1v) is 9.22. The molecule has 3 rings (SSSR count). The maximum atomic E-state index is 12.5. The Labute approximate surface area is 164 Å². The molecule has 146 valence electrons. The summed E-state index contributed by atoms with van der Waals surface area (Å²) < 4.78 is 0. The van der Waals surface area contributed by atoms with Gasteiger partial charge in [-0.3, -0.25) is 14.4 Å². The van der Waals surface area contributed by atoms with Gasteiger partial charge in [-0.1, -0.05) is 12.1 Å². The van der Waals surface area contributed by atoms with Gasteiger partial charge < -0.3 is 20.9 Å². The van der Waals surface area contributed by atoms with Gasteiger partial charge in [-0.2, -0.15) is 0 Å². The molecule has 0 fully saturated rings. The van der Waals surface area contributed by atoms with Crippen molar-refractivity contribution in [2.75, 3.05) is 37.4 Å². The molecule has 0 radical (unpaired) electrons. The van der Waals surface area contributed by atoms with Gasteiger partial charge in [0.25, 0.3) is 11.8 Å². The van der Waals surface area contributed by atoms with E-state index < -0.39 is 0 Å². The number of carbonyl (C=O) groups excluding carboxylic acids is 3. The molecule has 1 heterocycles. The summed E-state index contributed by atoms with van der Waals surface area (Å²) in [4.78, 5) is 38.0. The average Bonchev–Trinajstić information content (AvgIpc) is 2.85. The van der Waals surface area contributed by atoms with Gasteiger partial charge in [-0.25, -0.2) is 0 Å². The summed E-state index contributed by atoms with van der Waals surface area (Å²) in [7, 11) is 3.52. The largest absolute Gasteiger partial charge is 0.372 e. The Balaban J connectivity index is 1.63. The minimum atomic E-state index is -0.202. The van der Waals surface area contributed by atoms with Gasteiger partial charge >= 0.3 is 0 Å². The van der Waals surface area contributed by atoms with Gasteiger partial charge in [0.05, 0.1) is 11.4 Å². The summed E-state index contributed by atoms with van der Waals surface area (Å²) in [6.45, 7) is 1.08. The second-order valence-electron chi connectivity index (χ2n) is 6.74. The number of benzene rings is 2. The molecule has 7 nitrogen and oxygen atoms in total. The van der Waals surface area contributed by atoms with Crippen LogP contribution in [0.4, 0.5) is 11.4 Å². The summed E-state index contributed by atoms with van der Waals surface area (Å²) in [5.41, 5.74) is 3.60. The molecule has 3 amide bonds. The van der Waals surface area contributed by atoms with E-state index in [1.165, 1.54) is 0 Å². The molecule has 1 aliphatic rings. The lowest BCUT2D eigenvalue weighted by molar-refractivity contribution is -0.115. The van der Waals surface area contributed by atoms with E-state index in [0.717, 1.165) is 11.3 Å². The molecular weight excluding hydrogens is 356 g/mol. The van der Waals surface area contributed by atoms with E-state index in [4.69, 9.17) is 0 Å². The highest BCUT2D eigenvalue weighted by molar-refractivity contribution is 6.01. The van der Waals surface area contributed by atoms with Gasteiger partial charge in [0.15, 0.2) is 0 Å². The van der Waals surface area contributed by atoms with Crippen LogP contribution < -0.4 is 20.9 Å². The van der Waals surface area contributed by atoms with E-state index in [2.05, 4.69) is 16.0 Å². The molecule has 0 atom stereocenters. The topological polar surface area (TPSA) is 90.5 Å². The molecule has 0 saturated carbocycles. The van der Waals surface area contributed by atoms with Crippen molar-refractivity contribution in [1.82, 2.24) is 10.6 Å². The maximum Gasteiger partial charge on any atom is 0.251 e. The Morgan fingerprint density at radius 3 is 2.68 bits per heavy atom. The van der Waals surface area contributed by atoms with Crippen molar-refractivity contribution in [3.63, 3.8) is 0 Å². The third-order valence-corrected chi connectivity index (χ3v) is 4.73. The minimum Gasteiger partial charge on any atom is -0.372 e. The lowest BCUT2D eigenvalue weighted by Gasteiger charge is -2.18. The number of nitrogens with one attached hydrogen (secondary N) is 3. The number of hydrogen-bond acceptors (Lipinski definition) is 4. The summed E-state index contributed by atoms with van der Waals surface area (Å²) in [6, 6.07) is 12.6. The van der Waals surface area contributed by atoms with E-state index in [0.29, 0.717) is 42.7 Å². The monoisotopic (exact) mass is 380 g/mol. The Kier molecular flexibility index (Phi) is 5.93. The number of amides is 3. The van der Waals surface area contributed by atoms with E-state index >= 15 is 0 Å². The van der Waals surface area contributed by atoms with Crippen LogP contribution >= 0.6 is 0 Å². The van der Waals surface area contributed by atoms with Gasteiger partial charge in [0, 0.05) is 44.7 Å². The normalized spacial score (nSPS) is 13.2. The third-order valence-electron chi connectivity index (χ3n) is 4.73. The van der Waals surface area contributed by atoms with Crippen molar-refractivity contribution < 1.29 is 14.4 Å². The highest BCUT2D eigenvalue weighted by Crippen LogP contribution is 2.28. The molecule has 0 aliphatic carbocycles. The number of anilines is 2. The first-order chi connectivity index (χ1) is 13.5. The Hall–Kier alpha value is -3.35. The molecule has 7 heteroatoms. The Morgan fingerprint density at radius 1 is 1.11 bits per heavy atom. The van der Waals surface area contributed by atoms with Gasteiger partial charge in [-0.05, 0) is 42.3 Å². The Bertz CT molecular complexity index is 910. The van der Waals surface area contributed by atoms with Crippen LogP contribution in [0.3, 0.4) is 0 Å². The van der Waals surface area contributed by atoms with Crippen molar-refractivity contribution in [3.8, 4) is 0 Å². The second kappa shape index (κ2) is 8.56. The van der Waals surface area contributed by atoms with Crippen LogP contribution in [0.25, 0.3) is 0 Å². The average molecular weight is 380 g/mol. The van der Waals surface area contributed by atoms with E-state index in [1.807, 2.05) is 36.2 Å². The summed E-state index contributed by atoms with van der Waals surface area (Å²) in [5, 5.41) is 8.34. The molecule has 1 aliphatic heterocycles. The zero-order chi connectivity index (χ0) is 20.1. The zero-order valence-electron chi connectivity index (χ0n) is 16.0. The first kappa shape index (κ1) is 19.4. The van der Waals surface area contributed by atoms with Crippen molar-refractivity contribution in [1.29, 1.82) is 0 Å². The smallest absolute Gasteiger partial charge is 0.251 e. The molecule has 0 bridgehead atoms. The molecule has 3 N–H and O–H groups in total. The lowest BCUT2D eigenvalue weighted by atomic mass is 10.1. The van der Waals surface area contributed by atoms with Gasteiger partial charge in [0.2, 0.25) is 5.91 Å². The van der Waals surface area contributed by atoms with Crippen molar-refractivity contribution >= 4 is 29.1 Å². The summed E-state index contributed by atoms with van der Waals surface area (Å²) >= 11 is 0. The molecule has 0 spiro atoms. The lowest BCUT2D eigenvalue weighted by Crippen LogP contribution is -2.26. The molecule has 2 aromatic rings. The van der Waals surface area contributed by atoms with Gasteiger partial charge in [0.1, 0.15) is 0 Å². The molecule has 0 unspecified atom stereocenters. The number of fused-ring (bicyclic) bond motifs is 1. The van der Waals surface area contributed by atoms with Crippen LogP contribution in [0.5, 0.6) is 0 Å². The quantitative estimate of drug-likeness (QED) is 0.738. The standard InChI is InChI=1S/C21H24N4O3/c1-22-20(27)15-5-3-4-14(12-15)8-10-23-21(28)16-6-7-18-17(13-16)24-19(26)9-11-25(18)2/h3-7,12-13H,8-11H2,1-2H3,(H,22,27)(H,23,28)(H,24,26). The molecule has 0 aromatic heterocycles. The van der Waals surface area contributed by atoms with E-state index in [-0.39, 0.29) is 17.7 Å². The fourth-order valence-electron chi connectivity index (χ4n) is 3.15. The third kappa shape index (κ3) is 4.49. The van der Waals surface area contributed by atoms with Gasteiger partial charge in [-0.15, -0.1) is 0 Å². The van der Waals surface area contributed by atoms with Crippen LogP contribution in [0.2, 0.25) is 0 Å². The van der Waals surface area contributed by atoms with E-state index in [9.17, 15) is 14.4 Å². The fourth-order valence-corrected chi connectivity index (χ4v) is 3.15. The number of rotatable bonds is 5. The van der Waals surface area contributed by atoms with Crippen molar-refractivity contribution in [3.05, 3.63) is 59.2 Å². The van der Waals surface area contributed by atoms with Crippen LogP contribution in [0.1, 0.15) is 32.7 Å². The van der Waals surface area contributed by atoms with Crippen molar-refractivity contribution in [2.24, 2.45) is 0 Å². The predicted molar refractivity (Wildman–Crippen MR) is 109 cm³/mol. The number of nitrogens with zero attached hydrogens (tertiary/aromatic N) is 1. The number of hydrogen-bond donors (Lipinski definition) is 3. The van der Waals surface area contributed by atoms with Crippen LogP contribution in [-0.4, -0.2) is 44.9 Å². The maximum absolute atomic E-state index is 12.5. The molecular formula is C21H24N4O3. The second-order valence-corrected chi connectivity index (χ2v) is 6.74. The van der Waals surface area contributed by atoms with Crippen LogP contribution in [0, 0.1) is 0 Å². The molecule has 2 aromatic carbocycles. The summed E-state index contributed by atoms with van der Waals surface area (Å²) in [6.07, 6.45) is 1.03. The highest BCUT2D eigenvalue weighted by Gasteiger charge is 2.18. The first-order valence-electron chi connectivity index (χ1n) is 9.22. The van der Waals surface area contributed by atoms with Crippen LogP contribution in [0.15, 0.2) is 42.5 Å². The van der Waals surface area contributed by atoms with Crippen LogP contribution in [-0.2, 0) is 11.2 Å². The molecule has 0 saturated heterocycles. The SMILES string of the molecule is CNC(=O)c1cccc(CCNC(=O)c2ccc3c(c2)NC(=O)CCN3C)c1. The minimum absolute atomic E-state index is 0.0563. The Morgan fingerprint density at radius 2 is 1.89 bits per heavy atom.